The number of halogens is 1. The van der Waals surface area contributed by atoms with Crippen LogP contribution in [0.4, 0.5) is 5.69 Å². The van der Waals surface area contributed by atoms with Crippen LogP contribution in [0.3, 0.4) is 0 Å². The van der Waals surface area contributed by atoms with Gasteiger partial charge in [-0.05, 0) is 26.0 Å². The van der Waals surface area contributed by atoms with Gasteiger partial charge in [0.15, 0.2) is 0 Å². The topological polar surface area (TPSA) is 89.8 Å². The Labute approximate surface area is 127 Å². The molecule has 1 heterocycles. The molecule has 21 heavy (non-hydrogen) atoms. The maximum Gasteiger partial charge on any atom is 0.289 e. The molecule has 1 saturated heterocycles. The van der Waals surface area contributed by atoms with Crippen LogP contribution in [0.15, 0.2) is 23.1 Å². The summed E-state index contributed by atoms with van der Waals surface area (Å²) in [7, 11) is -3.83. The lowest BCUT2D eigenvalue weighted by molar-refractivity contribution is -0.384. The Bertz CT molecular complexity index is 664. The number of sulfonamides is 1. The van der Waals surface area contributed by atoms with E-state index in [0.29, 0.717) is 0 Å². The van der Waals surface area contributed by atoms with Crippen molar-refractivity contribution in [1.82, 2.24) is 4.31 Å². The Morgan fingerprint density at radius 1 is 1.43 bits per heavy atom. The zero-order chi connectivity index (χ0) is 15.8. The Morgan fingerprint density at radius 2 is 2.10 bits per heavy atom. The van der Waals surface area contributed by atoms with Gasteiger partial charge in [-0.1, -0.05) is 11.6 Å². The predicted molar refractivity (Wildman–Crippen MR) is 76.9 cm³/mol. The summed E-state index contributed by atoms with van der Waals surface area (Å²) in [6, 6.07) is 3.16. The first kappa shape index (κ1) is 16.2. The molecule has 1 aliphatic heterocycles. The van der Waals surface area contributed by atoms with Crippen molar-refractivity contribution in [2.24, 2.45) is 0 Å². The molecular weight excluding hydrogens is 320 g/mol. The molecule has 2 unspecified atom stereocenters. The Hall–Kier alpha value is -1.22. The molecule has 0 aliphatic carbocycles. The molecule has 1 aromatic carbocycles. The van der Waals surface area contributed by atoms with Gasteiger partial charge in [-0.25, -0.2) is 8.42 Å². The molecule has 2 rings (SSSR count). The van der Waals surface area contributed by atoms with E-state index in [1.807, 2.05) is 0 Å². The molecule has 2 atom stereocenters. The monoisotopic (exact) mass is 334 g/mol. The summed E-state index contributed by atoms with van der Waals surface area (Å²) >= 11 is 5.71. The zero-order valence-electron chi connectivity index (χ0n) is 11.5. The van der Waals surface area contributed by atoms with E-state index in [2.05, 4.69) is 0 Å². The predicted octanol–water partition coefficient (Wildman–Crippen LogP) is 2.05. The number of nitro benzene ring substituents is 1. The van der Waals surface area contributed by atoms with Gasteiger partial charge in [-0.15, -0.1) is 0 Å². The molecule has 1 aromatic rings. The highest BCUT2D eigenvalue weighted by molar-refractivity contribution is 7.89. The van der Waals surface area contributed by atoms with E-state index >= 15 is 0 Å². The Morgan fingerprint density at radius 3 is 2.71 bits per heavy atom. The highest BCUT2D eigenvalue weighted by Gasteiger charge is 2.35. The highest BCUT2D eigenvalue weighted by Crippen LogP contribution is 2.30. The molecule has 0 bridgehead atoms. The first-order chi connectivity index (χ1) is 9.73. The second kappa shape index (κ2) is 5.88. The van der Waals surface area contributed by atoms with Crippen LogP contribution in [0, 0.1) is 10.1 Å². The van der Waals surface area contributed by atoms with Crippen molar-refractivity contribution in [3.8, 4) is 0 Å². The fourth-order valence-corrected chi connectivity index (χ4v) is 4.03. The van der Waals surface area contributed by atoms with E-state index in [1.165, 1.54) is 16.4 Å². The molecule has 0 saturated carbocycles. The molecule has 116 valence electrons. The van der Waals surface area contributed by atoms with Crippen LogP contribution in [-0.4, -0.2) is 42.9 Å². The molecule has 0 amide bonds. The number of morpholine rings is 1. The van der Waals surface area contributed by atoms with E-state index in [9.17, 15) is 18.5 Å². The molecule has 0 aromatic heterocycles. The maximum absolute atomic E-state index is 12.6. The van der Waals surface area contributed by atoms with E-state index in [1.54, 1.807) is 13.8 Å². The smallest absolute Gasteiger partial charge is 0.289 e. The number of benzene rings is 1. The Balaban J connectivity index is 2.44. The van der Waals surface area contributed by atoms with Crippen LogP contribution in [0.25, 0.3) is 0 Å². The van der Waals surface area contributed by atoms with Crippen LogP contribution in [0.1, 0.15) is 13.8 Å². The number of ether oxygens (including phenoxy) is 1. The molecule has 0 N–H and O–H groups in total. The number of rotatable bonds is 3. The van der Waals surface area contributed by atoms with Crippen molar-refractivity contribution in [1.29, 1.82) is 0 Å². The van der Waals surface area contributed by atoms with Crippen LogP contribution >= 0.6 is 11.6 Å². The van der Waals surface area contributed by atoms with Gasteiger partial charge in [0.05, 0.1) is 22.5 Å². The summed E-state index contributed by atoms with van der Waals surface area (Å²) in [5.41, 5.74) is -0.424. The van der Waals surface area contributed by atoms with Crippen LogP contribution < -0.4 is 0 Å². The number of hydrogen-bond donors (Lipinski definition) is 0. The third kappa shape index (κ3) is 3.18. The van der Waals surface area contributed by atoms with Crippen molar-refractivity contribution in [3.63, 3.8) is 0 Å². The summed E-state index contributed by atoms with van der Waals surface area (Å²) in [6.07, 6.45) is -0.224. The summed E-state index contributed by atoms with van der Waals surface area (Å²) in [5, 5.41) is 10.8. The van der Waals surface area contributed by atoms with Gasteiger partial charge in [0.1, 0.15) is 5.02 Å². The van der Waals surface area contributed by atoms with E-state index in [4.69, 9.17) is 16.3 Å². The third-order valence-corrected chi connectivity index (χ3v) is 5.57. The van der Waals surface area contributed by atoms with Crippen LogP contribution in [-0.2, 0) is 14.8 Å². The second-order valence-electron chi connectivity index (χ2n) is 4.94. The van der Waals surface area contributed by atoms with E-state index < -0.39 is 20.6 Å². The zero-order valence-corrected chi connectivity index (χ0v) is 13.1. The van der Waals surface area contributed by atoms with E-state index in [0.717, 1.165) is 6.07 Å². The lowest BCUT2D eigenvalue weighted by Gasteiger charge is -2.35. The van der Waals surface area contributed by atoms with E-state index in [-0.39, 0.29) is 35.2 Å². The summed E-state index contributed by atoms with van der Waals surface area (Å²) < 4.78 is 32.0. The lowest BCUT2D eigenvalue weighted by atomic mass is 10.2. The minimum absolute atomic E-state index is 0.0951. The first-order valence-electron chi connectivity index (χ1n) is 6.31. The van der Waals surface area contributed by atoms with Crippen LogP contribution in [0.2, 0.25) is 5.02 Å². The van der Waals surface area contributed by atoms with Crippen molar-refractivity contribution in [3.05, 3.63) is 33.3 Å². The normalized spacial score (nSPS) is 24.0. The van der Waals surface area contributed by atoms with Crippen molar-refractivity contribution in [2.45, 2.75) is 30.9 Å². The molecular formula is C12H15ClN2O5S. The molecule has 9 heteroatoms. The SMILES string of the molecule is CC1CN(S(=O)(=O)c2ccc(Cl)c([N+](=O)[O-])c2)C(C)CO1. The molecule has 7 nitrogen and oxygen atoms in total. The second-order valence-corrected chi connectivity index (χ2v) is 7.24. The van der Waals surface area contributed by atoms with Crippen LogP contribution in [0.5, 0.6) is 0 Å². The maximum atomic E-state index is 12.6. The average molecular weight is 335 g/mol. The Kier molecular flexibility index (Phi) is 4.52. The van der Waals surface area contributed by atoms with Crippen molar-refractivity contribution in [2.75, 3.05) is 13.2 Å². The summed E-state index contributed by atoms with van der Waals surface area (Å²) in [4.78, 5) is 10.0. The minimum atomic E-state index is -3.83. The van der Waals surface area contributed by atoms with Crippen molar-refractivity contribution >= 4 is 27.3 Å². The quantitative estimate of drug-likeness (QED) is 0.623. The van der Waals surface area contributed by atoms with Gasteiger partial charge >= 0.3 is 0 Å². The molecule has 1 fully saturated rings. The fraction of sp³-hybridized carbons (Fsp3) is 0.500. The lowest BCUT2D eigenvalue weighted by Crippen LogP contribution is -2.50. The summed E-state index contributed by atoms with van der Waals surface area (Å²) in [5.74, 6) is 0. The third-order valence-electron chi connectivity index (χ3n) is 3.27. The van der Waals surface area contributed by atoms with Gasteiger partial charge in [-0.3, -0.25) is 10.1 Å². The first-order valence-corrected chi connectivity index (χ1v) is 8.12. The average Bonchev–Trinajstić information content (AvgIpc) is 2.41. The fourth-order valence-electron chi connectivity index (χ4n) is 2.14. The molecule has 0 spiro atoms. The van der Waals surface area contributed by atoms with Gasteiger partial charge in [0.25, 0.3) is 5.69 Å². The standard InChI is InChI=1S/C12H15ClN2O5S/c1-8-7-20-9(2)6-14(8)21(18,19)10-3-4-11(13)12(5-10)15(16)17/h3-5,8-9H,6-7H2,1-2H3. The molecule has 1 aliphatic rings. The highest BCUT2D eigenvalue weighted by atomic mass is 35.5. The van der Waals surface area contributed by atoms with Gasteiger partial charge in [0.2, 0.25) is 10.0 Å². The number of nitrogens with zero attached hydrogens (tertiary/aromatic N) is 2. The molecule has 0 radical (unpaired) electrons. The van der Waals surface area contributed by atoms with Gasteiger partial charge in [-0.2, -0.15) is 4.31 Å². The minimum Gasteiger partial charge on any atom is -0.375 e. The number of nitro groups is 1. The largest absolute Gasteiger partial charge is 0.375 e. The number of hydrogen-bond acceptors (Lipinski definition) is 5. The van der Waals surface area contributed by atoms with Crippen molar-refractivity contribution < 1.29 is 18.1 Å². The van der Waals surface area contributed by atoms with Gasteiger partial charge in [0, 0.05) is 18.7 Å². The van der Waals surface area contributed by atoms with Gasteiger partial charge < -0.3 is 4.74 Å². The summed E-state index contributed by atoms with van der Waals surface area (Å²) in [6.45, 7) is 4.00.